The molecule has 0 saturated heterocycles. The van der Waals surface area contributed by atoms with Gasteiger partial charge in [0, 0.05) is 17.9 Å². The second kappa shape index (κ2) is 5.37. The van der Waals surface area contributed by atoms with Crippen LogP contribution < -0.4 is 4.90 Å². The topological polar surface area (TPSA) is 27.0 Å². The Bertz CT molecular complexity index is 564. The highest BCUT2D eigenvalue weighted by molar-refractivity contribution is 5.66. The van der Waals surface area contributed by atoms with Gasteiger partial charge in [0.1, 0.15) is 0 Å². The maximum absolute atomic E-state index is 8.82. The van der Waals surface area contributed by atoms with Gasteiger partial charge in [-0.1, -0.05) is 18.2 Å². The molecule has 0 atom stereocenters. The molecule has 0 saturated carbocycles. The van der Waals surface area contributed by atoms with Gasteiger partial charge in [-0.05, 0) is 49.7 Å². The standard InChI is InChI=1S/C16H16N2/c1-3-18(16-7-5-4-6-13(16)2)15-10-8-14(12-17)9-11-15/h4-11H,3H2,1-2H3. The number of anilines is 2. The van der Waals surface area contributed by atoms with E-state index in [0.717, 1.165) is 12.2 Å². The van der Waals surface area contributed by atoms with Crippen LogP contribution in [0.2, 0.25) is 0 Å². The van der Waals surface area contributed by atoms with Crippen LogP contribution >= 0.6 is 0 Å². The predicted molar refractivity (Wildman–Crippen MR) is 75.0 cm³/mol. The molecule has 2 rings (SSSR count). The number of nitriles is 1. The molecule has 0 bridgehead atoms. The van der Waals surface area contributed by atoms with Crippen LogP contribution in [0.25, 0.3) is 0 Å². The van der Waals surface area contributed by atoms with Crippen molar-refractivity contribution in [3.63, 3.8) is 0 Å². The third-order valence-electron chi connectivity index (χ3n) is 3.03. The second-order valence-electron chi connectivity index (χ2n) is 4.19. The molecule has 18 heavy (non-hydrogen) atoms. The van der Waals surface area contributed by atoms with E-state index in [4.69, 9.17) is 5.26 Å². The monoisotopic (exact) mass is 236 g/mol. The molecule has 2 heteroatoms. The van der Waals surface area contributed by atoms with Crippen LogP contribution in [0, 0.1) is 18.3 Å². The molecule has 0 aliphatic carbocycles. The van der Waals surface area contributed by atoms with Crippen LogP contribution in [0.4, 0.5) is 11.4 Å². The average Bonchev–Trinajstić information content (AvgIpc) is 2.42. The fraction of sp³-hybridized carbons (Fsp3) is 0.188. The Hall–Kier alpha value is -2.27. The van der Waals surface area contributed by atoms with Gasteiger partial charge in [0.15, 0.2) is 0 Å². The smallest absolute Gasteiger partial charge is 0.0991 e. The van der Waals surface area contributed by atoms with E-state index in [2.05, 4.69) is 43.0 Å². The molecule has 0 amide bonds. The number of benzene rings is 2. The lowest BCUT2D eigenvalue weighted by molar-refractivity contribution is 1.02. The number of aryl methyl sites for hydroxylation is 1. The Labute approximate surface area is 108 Å². The fourth-order valence-corrected chi connectivity index (χ4v) is 2.07. The van der Waals surface area contributed by atoms with Crippen molar-refractivity contribution in [1.82, 2.24) is 0 Å². The summed E-state index contributed by atoms with van der Waals surface area (Å²) in [6.07, 6.45) is 0. The Morgan fingerprint density at radius 1 is 1.06 bits per heavy atom. The Kier molecular flexibility index (Phi) is 3.64. The van der Waals surface area contributed by atoms with Crippen molar-refractivity contribution in [1.29, 1.82) is 5.26 Å². The fourth-order valence-electron chi connectivity index (χ4n) is 2.07. The van der Waals surface area contributed by atoms with E-state index in [1.807, 2.05) is 30.3 Å². The SMILES string of the molecule is CCN(c1ccc(C#N)cc1)c1ccccc1C. The van der Waals surface area contributed by atoms with Crippen molar-refractivity contribution >= 4 is 11.4 Å². The summed E-state index contributed by atoms with van der Waals surface area (Å²) < 4.78 is 0. The summed E-state index contributed by atoms with van der Waals surface area (Å²) in [6, 6.07) is 18.2. The molecule has 2 nitrogen and oxygen atoms in total. The van der Waals surface area contributed by atoms with Crippen molar-refractivity contribution in [2.45, 2.75) is 13.8 Å². The van der Waals surface area contributed by atoms with E-state index in [9.17, 15) is 0 Å². The van der Waals surface area contributed by atoms with E-state index in [0.29, 0.717) is 5.56 Å². The molecule has 0 unspecified atom stereocenters. The molecule has 2 aromatic rings. The van der Waals surface area contributed by atoms with E-state index in [1.165, 1.54) is 11.3 Å². The van der Waals surface area contributed by atoms with Crippen LogP contribution in [0.1, 0.15) is 18.1 Å². The van der Waals surface area contributed by atoms with Gasteiger partial charge < -0.3 is 4.90 Å². The largest absolute Gasteiger partial charge is 0.342 e. The van der Waals surface area contributed by atoms with Gasteiger partial charge >= 0.3 is 0 Å². The highest BCUT2D eigenvalue weighted by Gasteiger charge is 2.08. The maximum atomic E-state index is 8.82. The Morgan fingerprint density at radius 2 is 1.72 bits per heavy atom. The molecule has 0 aromatic heterocycles. The van der Waals surface area contributed by atoms with Crippen LogP contribution in [-0.4, -0.2) is 6.54 Å². The van der Waals surface area contributed by atoms with E-state index in [1.54, 1.807) is 0 Å². The molecule has 0 aliphatic heterocycles. The Balaban J connectivity index is 2.40. The van der Waals surface area contributed by atoms with Crippen molar-refractivity contribution < 1.29 is 0 Å². The van der Waals surface area contributed by atoms with Crippen LogP contribution in [0.15, 0.2) is 48.5 Å². The zero-order chi connectivity index (χ0) is 13.0. The molecular formula is C16H16N2. The molecule has 0 N–H and O–H groups in total. The lowest BCUT2D eigenvalue weighted by atomic mass is 10.1. The van der Waals surface area contributed by atoms with Gasteiger partial charge in [-0.15, -0.1) is 0 Å². The van der Waals surface area contributed by atoms with E-state index < -0.39 is 0 Å². The summed E-state index contributed by atoms with van der Waals surface area (Å²) in [5.74, 6) is 0. The van der Waals surface area contributed by atoms with Gasteiger partial charge in [0.05, 0.1) is 11.6 Å². The average molecular weight is 236 g/mol. The minimum atomic E-state index is 0.694. The normalized spacial score (nSPS) is 9.83. The molecule has 0 fully saturated rings. The Morgan fingerprint density at radius 3 is 2.28 bits per heavy atom. The lowest BCUT2D eigenvalue weighted by Crippen LogP contribution is -2.16. The second-order valence-corrected chi connectivity index (χ2v) is 4.19. The van der Waals surface area contributed by atoms with E-state index >= 15 is 0 Å². The number of hydrogen-bond donors (Lipinski definition) is 0. The molecule has 0 aliphatic rings. The predicted octanol–water partition coefficient (Wildman–Crippen LogP) is 4.02. The van der Waals surface area contributed by atoms with Crippen molar-refractivity contribution in [3.8, 4) is 6.07 Å². The van der Waals surface area contributed by atoms with Gasteiger partial charge in [-0.2, -0.15) is 5.26 Å². The van der Waals surface area contributed by atoms with Crippen LogP contribution in [-0.2, 0) is 0 Å². The molecule has 0 radical (unpaired) electrons. The summed E-state index contributed by atoms with van der Waals surface area (Å²) in [7, 11) is 0. The molecule has 0 spiro atoms. The number of para-hydroxylation sites is 1. The molecule has 90 valence electrons. The molecule has 0 heterocycles. The third kappa shape index (κ3) is 2.36. The van der Waals surface area contributed by atoms with E-state index in [-0.39, 0.29) is 0 Å². The van der Waals surface area contributed by atoms with Crippen LogP contribution in [0.5, 0.6) is 0 Å². The van der Waals surface area contributed by atoms with Gasteiger partial charge in [0.2, 0.25) is 0 Å². The van der Waals surface area contributed by atoms with Gasteiger partial charge in [-0.3, -0.25) is 0 Å². The highest BCUT2D eigenvalue weighted by atomic mass is 15.1. The third-order valence-corrected chi connectivity index (χ3v) is 3.03. The minimum Gasteiger partial charge on any atom is -0.342 e. The lowest BCUT2D eigenvalue weighted by Gasteiger charge is -2.25. The zero-order valence-electron chi connectivity index (χ0n) is 10.7. The minimum absolute atomic E-state index is 0.694. The molecule has 2 aromatic carbocycles. The summed E-state index contributed by atoms with van der Waals surface area (Å²) in [4.78, 5) is 2.25. The number of hydrogen-bond acceptors (Lipinski definition) is 2. The van der Waals surface area contributed by atoms with Gasteiger partial charge in [-0.25, -0.2) is 0 Å². The zero-order valence-corrected chi connectivity index (χ0v) is 10.7. The summed E-state index contributed by atoms with van der Waals surface area (Å²) in [5, 5.41) is 8.82. The first-order chi connectivity index (χ1) is 8.76. The number of nitrogens with zero attached hydrogens (tertiary/aromatic N) is 2. The first kappa shape index (κ1) is 12.2. The maximum Gasteiger partial charge on any atom is 0.0991 e. The summed E-state index contributed by atoms with van der Waals surface area (Å²) in [5.41, 5.74) is 4.28. The highest BCUT2D eigenvalue weighted by Crippen LogP contribution is 2.27. The summed E-state index contributed by atoms with van der Waals surface area (Å²) in [6.45, 7) is 5.14. The van der Waals surface area contributed by atoms with Gasteiger partial charge in [0.25, 0.3) is 0 Å². The van der Waals surface area contributed by atoms with Crippen molar-refractivity contribution in [2.75, 3.05) is 11.4 Å². The quantitative estimate of drug-likeness (QED) is 0.804. The number of rotatable bonds is 3. The molecular weight excluding hydrogens is 220 g/mol. The van der Waals surface area contributed by atoms with Crippen molar-refractivity contribution in [2.24, 2.45) is 0 Å². The first-order valence-corrected chi connectivity index (χ1v) is 6.09. The summed E-state index contributed by atoms with van der Waals surface area (Å²) >= 11 is 0. The van der Waals surface area contributed by atoms with Crippen molar-refractivity contribution in [3.05, 3.63) is 59.7 Å². The van der Waals surface area contributed by atoms with Crippen LogP contribution in [0.3, 0.4) is 0 Å². The first-order valence-electron chi connectivity index (χ1n) is 6.09.